The maximum atomic E-state index is 12.2. The van der Waals surface area contributed by atoms with Crippen molar-refractivity contribution in [2.24, 2.45) is 29.1 Å². The minimum absolute atomic E-state index is 0.0144. The van der Waals surface area contributed by atoms with Gasteiger partial charge >= 0.3 is 17.9 Å². The van der Waals surface area contributed by atoms with Crippen LogP contribution in [0.15, 0.2) is 0 Å². The molecular weight excluding hydrogens is 280 g/mol. The zero-order valence-electron chi connectivity index (χ0n) is 11.7. The van der Waals surface area contributed by atoms with Crippen LogP contribution in [-0.2, 0) is 33.3 Å². The normalized spacial score (nSPS) is 47.8. The Labute approximate surface area is 120 Å². The van der Waals surface area contributed by atoms with Crippen LogP contribution in [0.3, 0.4) is 0 Å². The van der Waals surface area contributed by atoms with E-state index in [4.69, 9.17) is 18.9 Å². The lowest BCUT2D eigenvalue weighted by molar-refractivity contribution is -0.196. The van der Waals surface area contributed by atoms with Crippen LogP contribution in [0.1, 0.15) is 13.3 Å². The molecule has 7 atom stereocenters. The Bertz CT molecular complexity index is 543. The lowest BCUT2D eigenvalue weighted by atomic mass is 9.63. The van der Waals surface area contributed by atoms with Gasteiger partial charge in [0, 0.05) is 25.4 Å². The molecule has 7 unspecified atom stereocenters. The average Bonchev–Trinajstić information content (AvgIpc) is 3.02. The molecule has 114 valence electrons. The third-order valence-electron chi connectivity index (χ3n) is 5.52. The Kier molecular flexibility index (Phi) is 2.47. The van der Waals surface area contributed by atoms with Gasteiger partial charge in [-0.25, -0.2) is 0 Å². The Morgan fingerprint density at radius 3 is 2.86 bits per heavy atom. The van der Waals surface area contributed by atoms with E-state index >= 15 is 0 Å². The van der Waals surface area contributed by atoms with E-state index < -0.39 is 30.0 Å². The fraction of sp³-hybridized carbons (Fsp3) is 0.786. The second-order valence-corrected chi connectivity index (χ2v) is 6.30. The molecule has 3 aliphatic carbocycles. The van der Waals surface area contributed by atoms with Crippen LogP contribution in [0, 0.1) is 29.1 Å². The quantitative estimate of drug-likeness (QED) is 0.406. The number of carbonyl (C=O) groups is 3. The van der Waals surface area contributed by atoms with Crippen molar-refractivity contribution < 1.29 is 33.3 Å². The first-order chi connectivity index (χ1) is 10.0. The van der Waals surface area contributed by atoms with Crippen LogP contribution in [0.25, 0.3) is 0 Å². The summed E-state index contributed by atoms with van der Waals surface area (Å²) in [4.78, 5) is 35.5. The van der Waals surface area contributed by atoms with Gasteiger partial charge in [0.15, 0.2) is 6.79 Å². The average molecular weight is 296 g/mol. The molecule has 0 radical (unpaired) electrons. The van der Waals surface area contributed by atoms with Crippen LogP contribution < -0.4 is 0 Å². The first kappa shape index (κ1) is 13.1. The molecule has 0 amide bonds. The Balaban J connectivity index is 1.60. The lowest BCUT2D eigenvalue weighted by Gasteiger charge is -2.45. The largest absolute Gasteiger partial charge is 0.458 e. The summed E-state index contributed by atoms with van der Waals surface area (Å²) in [5.74, 6) is -2.09. The van der Waals surface area contributed by atoms with Crippen LogP contribution >= 0.6 is 0 Å². The predicted molar refractivity (Wildman–Crippen MR) is 64.4 cm³/mol. The van der Waals surface area contributed by atoms with E-state index in [9.17, 15) is 14.4 Å². The van der Waals surface area contributed by atoms with Gasteiger partial charge in [-0.1, -0.05) is 0 Å². The second kappa shape index (κ2) is 3.97. The van der Waals surface area contributed by atoms with E-state index in [0.29, 0.717) is 0 Å². The van der Waals surface area contributed by atoms with Crippen molar-refractivity contribution in [1.82, 2.24) is 0 Å². The number of hydrogen-bond acceptors (Lipinski definition) is 7. The van der Waals surface area contributed by atoms with Crippen LogP contribution in [0.5, 0.6) is 0 Å². The Hall–Kier alpha value is -1.63. The fourth-order valence-corrected chi connectivity index (χ4v) is 4.90. The maximum absolute atomic E-state index is 12.2. The zero-order valence-corrected chi connectivity index (χ0v) is 11.7. The highest BCUT2D eigenvalue weighted by atomic mass is 16.7. The topological polar surface area (TPSA) is 88.1 Å². The van der Waals surface area contributed by atoms with E-state index in [2.05, 4.69) is 0 Å². The van der Waals surface area contributed by atoms with Gasteiger partial charge in [0.2, 0.25) is 0 Å². The first-order valence-corrected chi connectivity index (χ1v) is 7.05. The molecule has 3 saturated carbocycles. The van der Waals surface area contributed by atoms with Crippen LogP contribution in [0.2, 0.25) is 0 Å². The highest BCUT2D eigenvalue weighted by molar-refractivity contribution is 5.87. The Morgan fingerprint density at radius 2 is 2.19 bits per heavy atom. The summed E-state index contributed by atoms with van der Waals surface area (Å²) in [6.45, 7) is 1.22. The van der Waals surface area contributed by atoms with Crippen LogP contribution in [-0.4, -0.2) is 44.0 Å². The van der Waals surface area contributed by atoms with Crippen molar-refractivity contribution in [3.05, 3.63) is 0 Å². The summed E-state index contributed by atoms with van der Waals surface area (Å²) in [7, 11) is 1.43. The lowest BCUT2D eigenvalue weighted by Crippen LogP contribution is -2.57. The van der Waals surface area contributed by atoms with Gasteiger partial charge in [-0.3, -0.25) is 14.4 Å². The van der Waals surface area contributed by atoms with E-state index in [0.717, 1.165) is 6.42 Å². The van der Waals surface area contributed by atoms with E-state index in [1.807, 2.05) is 0 Å². The number of rotatable bonds is 4. The molecule has 0 N–H and O–H groups in total. The standard InChI is InChI=1S/C14H16O7/c1-5(15)20-11-10-9-8(13(17)21-10)7(6-3-14(6,9)11)12(16)19-4-18-2/h6-11H,3-4H2,1-2H3. The highest BCUT2D eigenvalue weighted by Gasteiger charge is 2.89. The highest BCUT2D eigenvalue weighted by Crippen LogP contribution is 2.82. The number of ether oxygens (including phenoxy) is 4. The molecular formula is C14H16O7. The third-order valence-corrected chi connectivity index (χ3v) is 5.52. The Morgan fingerprint density at radius 1 is 1.43 bits per heavy atom. The van der Waals surface area contributed by atoms with Crippen molar-refractivity contribution in [2.75, 3.05) is 13.9 Å². The monoisotopic (exact) mass is 296 g/mol. The molecule has 4 fully saturated rings. The van der Waals surface area contributed by atoms with E-state index in [1.165, 1.54) is 14.0 Å². The van der Waals surface area contributed by atoms with Crippen molar-refractivity contribution in [2.45, 2.75) is 25.6 Å². The molecule has 7 nitrogen and oxygen atoms in total. The number of methoxy groups -OCH3 is 1. The van der Waals surface area contributed by atoms with E-state index in [-0.39, 0.29) is 36.0 Å². The molecule has 0 aromatic rings. The molecule has 4 rings (SSSR count). The minimum Gasteiger partial charge on any atom is -0.458 e. The molecule has 0 bridgehead atoms. The molecule has 1 aliphatic heterocycles. The number of hydrogen-bond donors (Lipinski definition) is 0. The summed E-state index contributed by atoms with van der Waals surface area (Å²) in [6, 6.07) is 0. The van der Waals surface area contributed by atoms with Gasteiger partial charge in [-0.15, -0.1) is 0 Å². The van der Waals surface area contributed by atoms with E-state index in [1.54, 1.807) is 0 Å². The SMILES string of the molecule is COCOC(=O)C1C2C(=O)OC3C(OC(C)=O)C4(CC14)C32. The smallest absolute Gasteiger partial charge is 0.312 e. The molecule has 0 aromatic heterocycles. The molecule has 0 aromatic carbocycles. The van der Waals surface area contributed by atoms with Gasteiger partial charge in [0.25, 0.3) is 0 Å². The molecule has 1 heterocycles. The fourth-order valence-electron chi connectivity index (χ4n) is 4.90. The summed E-state index contributed by atoms with van der Waals surface area (Å²) in [5, 5.41) is 0. The van der Waals surface area contributed by atoms with Gasteiger partial charge in [-0.05, 0) is 12.3 Å². The summed E-state index contributed by atoms with van der Waals surface area (Å²) >= 11 is 0. The summed E-state index contributed by atoms with van der Waals surface area (Å²) < 4.78 is 20.4. The van der Waals surface area contributed by atoms with Gasteiger partial charge in [0.1, 0.15) is 12.2 Å². The van der Waals surface area contributed by atoms with Crippen LogP contribution in [0.4, 0.5) is 0 Å². The second-order valence-electron chi connectivity index (χ2n) is 6.30. The van der Waals surface area contributed by atoms with Crippen molar-refractivity contribution in [3.8, 4) is 0 Å². The molecule has 4 aliphatic rings. The van der Waals surface area contributed by atoms with Crippen molar-refractivity contribution in [3.63, 3.8) is 0 Å². The molecule has 1 saturated heterocycles. The van der Waals surface area contributed by atoms with Gasteiger partial charge < -0.3 is 18.9 Å². The summed E-state index contributed by atoms with van der Waals surface area (Å²) in [6.07, 6.45) is -0.0118. The zero-order chi connectivity index (χ0) is 14.9. The number of esters is 3. The van der Waals surface area contributed by atoms with Crippen molar-refractivity contribution in [1.29, 1.82) is 0 Å². The van der Waals surface area contributed by atoms with Gasteiger partial charge in [0.05, 0.1) is 11.8 Å². The third kappa shape index (κ3) is 1.40. The summed E-state index contributed by atoms with van der Waals surface area (Å²) in [5.41, 5.74) is -0.246. The predicted octanol–water partition coefficient (Wildman–Crippen LogP) is -0.127. The molecule has 21 heavy (non-hydrogen) atoms. The first-order valence-electron chi connectivity index (χ1n) is 7.05. The molecule has 7 heteroatoms. The maximum Gasteiger partial charge on any atom is 0.312 e. The van der Waals surface area contributed by atoms with Gasteiger partial charge in [-0.2, -0.15) is 0 Å². The van der Waals surface area contributed by atoms with Crippen molar-refractivity contribution >= 4 is 17.9 Å². The minimum atomic E-state index is -0.497. The number of carbonyl (C=O) groups excluding carboxylic acids is 3. The molecule has 1 spiro atoms.